The number of hydrogen-bond donors (Lipinski definition) is 2. The number of anilines is 1. The van der Waals surface area contributed by atoms with E-state index in [-0.39, 0.29) is 17.1 Å². The molecule has 0 spiro atoms. The fraction of sp³-hybridized carbons (Fsp3) is 0.179. The Hall–Kier alpha value is -4.37. The van der Waals surface area contributed by atoms with E-state index in [1.54, 1.807) is 48.5 Å². The van der Waals surface area contributed by atoms with Crippen molar-refractivity contribution in [3.05, 3.63) is 83.4 Å². The Bertz CT molecular complexity index is 1540. The minimum atomic E-state index is -1.00. The van der Waals surface area contributed by atoms with Crippen molar-refractivity contribution in [2.45, 2.75) is 19.9 Å². The number of phenols is 1. The minimum absolute atomic E-state index is 0.0351. The van der Waals surface area contributed by atoms with Gasteiger partial charge in [-0.1, -0.05) is 35.6 Å². The molecule has 9 heteroatoms. The molecule has 1 saturated heterocycles. The number of thiazole rings is 1. The van der Waals surface area contributed by atoms with Gasteiger partial charge < -0.3 is 19.7 Å². The molecule has 0 bridgehead atoms. The lowest BCUT2D eigenvalue weighted by atomic mass is 9.95. The minimum Gasteiger partial charge on any atom is -0.508 e. The van der Waals surface area contributed by atoms with E-state index < -0.39 is 17.7 Å². The van der Waals surface area contributed by atoms with Crippen molar-refractivity contribution >= 4 is 44.1 Å². The Morgan fingerprint density at radius 1 is 0.973 bits per heavy atom. The van der Waals surface area contributed by atoms with E-state index in [0.29, 0.717) is 46.5 Å². The summed E-state index contributed by atoms with van der Waals surface area (Å²) >= 11 is 1.24. The van der Waals surface area contributed by atoms with Crippen LogP contribution in [0.25, 0.3) is 16.0 Å². The van der Waals surface area contributed by atoms with Crippen LogP contribution in [-0.2, 0) is 9.59 Å². The molecule has 1 aliphatic rings. The second kappa shape index (κ2) is 9.94. The molecule has 2 N–H and O–H groups in total. The van der Waals surface area contributed by atoms with Gasteiger partial charge in [-0.2, -0.15) is 0 Å². The third kappa shape index (κ3) is 4.49. The number of ether oxygens (including phenoxy) is 2. The molecule has 5 rings (SSSR count). The van der Waals surface area contributed by atoms with Crippen LogP contribution < -0.4 is 14.4 Å². The molecule has 0 aliphatic carbocycles. The van der Waals surface area contributed by atoms with E-state index in [1.807, 2.05) is 19.9 Å². The molecule has 1 unspecified atom stereocenters. The van der Waals surface area contributed by atoms with Crippen molar-refractivity contribution in [1.29, 1.82) is 0 Å². The van der Waals surface area contributed by atoms with Gasteiger partial charge in [-0.15, -0.1) is 0 Å². The highest BCUT2D eigenvalue weighted by molar-refractivity contribution is 7.22. The number of benzene rings is 3. The Balaban J connectivity index is 1.68. The molecule has 1 amide bonds. The SMILES string of the molecule is CCOc1cccc(C(O)=C2C(=O)C(=O)N(c3nc4ccc(OCC)cc4s3)C2c2cccc(O)c2)c1. The van der Waals surface area contributed by atoms with E-state index in [2.05, 4.69) is 4.98 Å². The highest BCUT2D eigenvalue weighted by atomic mass is 32.1. The topological polar surface area (TPSA) is 109 Å². The zero-order valence-corrected chi connectivity index (χ0v) is 21.0. The predicted octanol–water partition coefficient (Wildman–Crippen LogP) is 5.43. The summed E-state index contributed by atoms with van der Waals surface area (Å²) in [5.41, 5.74) is 1.33. The lowest BCUT2D eigenvalue weighted by Gasteiger charge is -2.23. The number of aliphatic hydroxyl groups excluding tert-OH is 1. The zero-order chi connectivity index (χ0) is 26.1. The molecule has 0 saturated carbocycles. The monoisotopic (exact) mass is 516 g/mol. The third-order valence-corrected chi connectivity index (χ3v) is 6.93. The Kier molecular flexibility index (Phi) is 6.54. The van der Waals surface area contributed by atoms with Crippen LogP contribution in [0.3, 0.4) is 0 Å². The van der Waals surface area contributed by atoms with Gasteiger partial charge in [0.1, 0.15) is 23.0 Å². The van der Waals surface area contributed by atoms with Crippen LogP contribution in [0, 0.1) is 0 Å². The highest BCUT2D eigenvalue weighted by Gasteiger charge is 2.48. The van der Waals surface area contributed by atoms with Crippen LogP contribution in [-0.4, -0.2) is 40.1 Å². The molecule has 1 aliphatic heterocycles. The first-order valence-corrected chi connectivity index (χ1v) is 12.6. The fourth-order valence-electron chi connectivity index (χ4n) is 4.35. The lowest BCUT2D eigenvalue weighted by Crippen LogP contribution is -2.29. The van der Waals surface area contributed by atoms with E-state index in [1.165, 1.54) is 28.4 Å². The maximum absolute atomic E-state index is 13.4. The van der Waals surface area contributed by atoms with Crippen LogP contribution >= 0.6 is 11.3 Å². The van der Waals surface area contributed by atoms with Gasteiger partial charge in [-0.25, -0.2) is 4.98 Å². The van der Waals surface area contributed by atoms with Gasteiger partial charge in [0, 0.05) is 5.56 Å². The van der Waals surface area contributed by atoms with Crippen molar-refractivity contribution in [2.75, 3.05) is 18.1 Å². The van der Waals surface area contributed by atoms with Crippen molar-refractivity contribution in [2.24, 2.45) is 0 Å². The fourth-order valence-corrected chi connectivity index (χ4v) is 5.37. The number of Topliss-reactive ketones (excluding diaryl/α,β-unsaturated/α-hetero) is 1. The molecule has 1 fully saturated rings. The van der Waals surface area contributed by atoms with Gasteiger partial charge in [-0.3, -0.25) is 14.5 Å². The predicted molar refractivity (Wildman–Crippen MR) is 141 cm³/mol. The summed E-state index contributed by atoms with van der Waals surface area (Å²) in [6, 6.07) is 17.4. The standard InChI is InChI=1S/C28H24N2O6S/c1-3-35-19-10-6-8-17(14-19)25(32)23-24(16-7-5-9-18(31)13-16)30(27(34)26(23)33)28-29-21-12-11-20(36-4-2)15-22(21)37-28/h5-15,24,31-32H,3-4H2,1-2H3. The number of carbonyl (C=O) groups is 2. The second-order valence-corrected chi connectivity index (χ2v) is 9.29. The van der Waals surface area contributed by atoms with Crippen LogP contribution in [0.2, 0.25) is 0 Å². The number of hydrogen-bond acceptors (Lipinski definition) is 8. The summed E-state index contributed by atoms with van der Waals surface area (Å²) < 4.78 is 11.9. The van der Waals surface area contributed by atoms with E-state index in [4.69, 9.17) is 9.47 Å². The second-order valence-electron chi connectivity index (χ2n) is 8.28. The number of ketones is 1. The van der Waals surface area contributed by atoms with Crippen LogP contribution in [0.4, 0.5) is 5.13 Å². The molecule has 1 aromatic heterocycles. The molecule has 2 heterocycles. The first kappa shape index (κ1) is 24.3. The lowest BCUT2D eigenvalue weighted by molar-refractivity contribution is -0.132. The number of aromatic hydroxyl groups is 1. The summed E-state index contributed by atoms with van der Waals surface area (Å²) in [7, 11) is 0. The number of rotatable bonds is 7. The van der Waals surface area contributed by atoms with Gasteiger partial charge in [0.2, 0.25) is 0 Å². The van der Waals surface area contributed by atoms with E-state index in [9.17, 15) is 19.8 Å². The Morgan fingerprint density at radius 3 is 2.43 bits per heavy atom. The number of fused-ring (bicyclic) bond motifs is 1. The molecule has 1 atom stereocenters. The maximum Gasteiger partial charge on any atom is 0.301 e. The van der Waals surface area contributed by atoms with E-state index in [0.717, 1.165) is 4.70 Å². The molecule has 8 nitrogen and oxygen atoms in total. The number of amides is 1. The van der Waals surface area contributed by atoms with Gasteiger partial charge in [0.25, 0.3) is 5.78 Å². The summed E-state index contributed by atoms with van der Waals surface area (Å²) in [4.78, 5) is 32.7. The molecule has 0 radical (unpaired) electrons. The summed E-state index contributed by atoms with van der Waals surface area (Å²) in [5, 5.41) is 21.8. The maximum atomic E-state index is 13.4. The third-order valence-electron chi connectivity index (χ3n) is 5.91. The first-order chi connectivity index (χ1) is 17.9. The molecular weight excluding hydrogens is 492 g/mol. The van der Waals surface area contributed by atoms with Crippen molar-refractivity contribution in [1.82, 2.24) is 4.98 Å². The van der Waals surface area contributed by atoms with Crippen molar-refractivity contribution < 1.29 is 29.3 Å². The molecule has 37 heavy (non-hydrogen) atoms. The largest absolute Gasteiger partial charge is 0.508 e. The summed E-state index contributed by atoms with van der Waals surface area (Å²) in [6.45, 7) is 4.67. The summed E-state index contributed by atoms with van der Waals surface area (Å²) in [6.07, 6.45) is 0. The Labute approximate surface area is 217 Å². The van der Waals surface area contributed by atoms with Crippen molar-refractivity contribution in [3.63, 3.8) is 0 Å². The van der Waals surface area contributed by atoms with Gasteiger partial charge in [-0.05, 0) is 61.9 Å². The Morgan fingerprint density at radius 2 is 1.70 bits per heavy atom. The molecule has 3 aromatic carbocycles. The van der Waals surface area contributed by atoms with Crippen molar-refractivity contribution in [3.8, 4) is 17.2 Å². The van der Waals surface area contributed by atoms with Crippen LogP contribution in [0.15, 0.2) is 72.3 Å². The molecule has 188 valence electrons. The normalized spacial score (nSPS) is 16.9. The summed E-state index contributed by atoms with van der Waals surface area (Å²) in [5.74, 6) is -0.846. The van der Waals surface area contributed by atoms with Gasteiger partial charge in [0.05, 0.1) is 35.0 Å². The van der Waals surface area contributed by atoms with Crippen LogP contribution in [0.5, 0.6) is 17.2 Å². The van der Waals surface area contributed by atoms with Gasteiger partial charge in [0.15, 0.2) is 5.13 Å². The quantitative estimate of drug-likeness (QED) is 0.192. The number of phenolic OH excluding ortho intramolecular Hbond substituents is 1. The number of nitrogens with zero attached hydrogens (tertiary/aromatic N) is 2. The van der Waals surface area contributed by atoms with Crippen LogP contribution in [0.1, 0.15) is 31.0 Å². The molecular formula is C28H24N2O6S. The van der Waals surface area contributed by atoms with E-state index >= 15 is 0 Å². The smallest absolute Gasteiger partial charge is 0.301 e. The highest BCUT2D eigenvalue weighted by Crippen LogP contribution is 2.45. The zero-order valence-electron chi connectivity index (χ0n) is 20.2. The number of carbonyl (C=O) groups excluding carboxylic acids is 2. The number of aromatic nitrogens is 1. The molecule has 4 aromatic rings. The average molecular weight is 517 g/mol. The first-order valence-electron chi connectivity index (χ1n) is 11.8. The number of aliphatic hydroxyl groups is 1. The average Bonchev–Trinajstić information content (AvgIpc) is 3.42. The van der Waals surface area contributed by atoms with Gasteiger partial charge >= 0.3 is 5.91 Å².